The third-order valence-corrected chi connectivity index (χ3v) is 6.56. The number of carbonyl (C=O) groups excluding carboxylic acids is 2. The Bertz CT molecular complexity index is 1260. The first-order valence-corrected chi connectivity index (χ1v) is 11.8. The predicted octanol–water partition coefficient (Wildman–Crippen LogP) is 6.37. The van der Waals surface area contributed by atoms with E-state index in [2.05, 4.69) is 22.8 Å². The monoisotopic (exact) mass is 454 g/mol. The van der Waals surface area contributed by atoms with Crippen LogP contribution in [-0.4, -0.2) is 16.7 Å². The number of aromatic nitrogens is 1. The molecular formula is C28H26N2O2S. The molecule has 0 fully saturated rings. The predicted molar refractivity (Wildman–Crippen MR) is 134 cm³/mol. The molecule has 1 aromatic heterocycles. The van der Waals surface area contributed by atoms with E-state index in [1.165, 1.54) is 0 Å². The number of aryl methyl sites for hydroxylation is 2. The highest BCUT2D eigenvalue weighted by atomic mass is 32.1. The number of ketones is 1. The minimum atomic E-state index is -0.122. The van der Waals surface area contributed by atoms with Crippen molar-refractivity contribution < 1.29 is 9.59 Å². The Labute approximate surface area is 198 Å². The minimum Gasteiger partial charge on any atom is -0.352 e. The van der Waals surface area contributed by atoms with Gasteiger partial charge in [-0.3, -0.25) is 9.59 Å². The summed E-state index contributed by atoms with van der Waals surface area (Å²) in [5, 5.41) is 5.94. The molecule has 5 heteroatoms. The number of hydrogen-bond acceptors (Lipinski definition) is 4. The number of hydrogen-bond donors (Lipinski definition) is 1. The smallest absolute Gasteiger partial charge is 0.220 e. The Balaban J connectivity index is 1.28. The molecule has 1 heterocycles. The van der Waals surface area contributed by atoms with Gasteiger partial charge in [0.25, 0.3) is 0 Å². The fraction of sp³-hybridized carbons (Fsp3) is 0.179. The van der Waals surface area contributed by atoms with Crippen LogP contribution in [0.3, 0.4) is 0 Å². The summed E-state index contributed by atoms with van der Waals surface area (Å²) in [6, 6.07) is 23.8. The molecule has 1 N–H and O–H groups in total. The number of rotatable bonds is 8. The molecule has 0 radical (unpaired) electrons. The normalized spacial score (nSPS) is 10.7. The lowest BCUT2D eigenvalue weighted by Gasteiger charge is -2.07. The number of nitrogens with one attached hydrogen (secondary N) is 1. The molecule has 0 saturated heterocycles. The molecule has 0 spiro atoms. The van der Waals surface area contributed by atoms with E-state index in [9.17, 15) is 9.59 Å². The van der Waals surface area contributed by atoms with Crippen LogP contribution < -0.4 is 5.32 Å². The second kappa shape index (κ2) is 10.4. The Morgan fingerprint density at radius 1 is 0.848 bits per heavy atom. The first-order valence-electron chi connectivity index (χ1n) is 11.0. The summed E-state index contributed by atoms with van der Waals surface area (Å²) in [4.78, 5) is 29.3. The summed E-state index contributed by atoms with van der Waals surface area (Å²) in [6.07, 6.45) is 0.395. The van der Waals surface area contributed by atoms with Crippen molar-refractivity contribution in [1.82, 2.24) is 10.3 Å². The van der Waals surface area contributed by atoms with E-state index in [0.29, 0.717) is 12.1 Å². The highest BCUT2D eigenvalue weighted by molar-refractivity contribution is 7.13. The lowest BCUT2D eigenvalue weighted by Crippen LogP contribution is -2.23. The van der Waals surface area contributed by atoms with E-state index in [4.69, 9.17) is 4.98 Å². The molecule has 4 rings (SSSR count). The molecule has 0 saturated carbocycles. The van der Waals surface area contributed by atoms with Crippen LogP contribution in [-0.2, 0) is 11.3 Å². The number of carbonyl (C=O) groups is 2. The minimum absolute atomic E-state index is 0.00378. The van der Waals surface area contributed by atoms with Gasteiger partial charge in [0.05, 0.1) is 5.69 Å². The number of Topliss-reactive ketones (excluding diaryl/α,β-unsaturated/α-hetero) is 1. The van der Waals surface area contributed by atoms with Gasteiger partial charge >= 0.3 is 0 Å². The molecule has 0 aliphatic rings. The van der Waals surface area contributed by atoms with Gasteiger partial charge in [-0.1, -0.05) is 66.7 Å². The molecule has 0 atom stereocenters. The second-order valence-electron chi connectivity index (χ2n) is 8.10. The number of benzene rings is 3. The number of nitrogens with zero attached hydrogens (tertiary/aromatic N) is 1. The first-order chi connectivity index (χ1) is 16.0. The Morgan fingerprint density at radius 2 is 1.61 bits per heavy atom. The highest BCUT2D eigenvalue weighted by Gasteiger charge is 2.11. The largest absolute Gasteiger partial charge is 0.352 e. The fourth-order valence-electron chi connectivity index (χ4n) is 3.49. The van der Waals surface area contributed by atoms with Gasteiger partial charge in [-0.05, 0) is 36.6 Å². The summed E-state index contributed by atoms with van der Waals surface area (Å²) in [5.74, 6) is -0.125. The molecule has 33 heavy (non-hydrogen) atoms. The Morgan fingerprint density at radius 3 is 2.33 bits per heavy atom. The van der Waals surface area contributed by atoms with Crippen LogP contribution in [0.15, 0.2) is 78.2 Å². The van der Waals surface area contributed by atoms with Gasteiger partial charge < -0.3 is 5.32 Å². The highest BCUT2D eigenvalue weighted by Crippen LogP contribution is 2.28. The van der Waals surface area contributed by atoms with Crippen LogP contribution in [0.25, 0.3) is 21.8 Å². The summed E-state index contributed by atoms with van der Waals surface area (Å²) < 4.78 is 0. The average molecular weight is 455 g/mol. The summed E-state index contributed by atoms with van der Waals surface area (Å²) >= 11 is 1.62. The van der Waals surface area contributed by atoms with Gasteiger partial charge in [0.2, 0.25) is 5.91 Å². The van der Waals surface area contributed by atoms with E-state index in [1.54, 1.807) is 11.3 Å². The third kappa shape index (κ3) is 5.82. The molecule has 3 aromatic carbocycles. The molecular weight excluding hydrogens is 428 g/mol. The van der Waals surface area contributed by atoms with Crippen LogP contribution in [0.5, 0.6) is 0 Å². The maximum atomic E-state index is 12.4. The Kier molecular flexibility index (Phi) is 7.10. The van der Waals surface area contributed by atoms with Crippen molar-refractivity contribution in [2.45, 2.75) is 33.2 Å². The second-order valence-corrected chi connectivity index (χ2v) is 8.96. The summed E-state index contributed by atoms with van der Waals surface area (Å²) in [6.45, 7) is 4.44. The standard InChI is InChI=1S/C28H26N2O2S/c1-19-8-11-24(16-20(19)2)26(31)14-15-27(32)29-17-21-9-12-23(13-10-21)28-30-25(18-33-28)22-6-4-3-5-7-22/h3-13,16,18H,14-15,17H2,1-2H3,(H,29,32). The van der Waals surface area contributed by atoms with Gasteiger partial charge in [0, 0.05) is 41.5 Å². The van der Waals surface area contributed by atoms with Gasteiger partial charge in [0.1, 0.15) is 5.01 Å². The quantitative estimate of drug-likeness (QED) is 0.315. The van der Waals surface area contributed by atoms with Crippen LogP contribution in [0.2, 0.25) is 0 Å². The molecule has 0 unspecified atom stereocenters. The van der Waals surface area contributed by atoms with Crippen molar-refractivity contribution in [2.24, 2.45) is 0 Å². The zero-order chi connectivity index (χ0) is 23.2. The SMILES string of the molecule is Cc1ccc(C(=O)CCC(=O)NCc2ccc(-c3nc(-c4ccccc4)cs3)cc2)cc1C. The average Bonchev–Trinajstić information content (AvgIpc) is 3.34. The summed E-state index contributed by atoms with van der Waals surface area (Å²) in [5.41, 5.74) is 7.05. The Hall–Kier alpha value is -3.57. The van der Waals surface area contributed by atoms with Crippen LogP contribution >= 0.6 is 11.3 Å². The molecule has 0 bridgehead atoms. The lowest BCUT2D eigenvalue weighted by atomic mass is 10.0. The third-order valence-electron chi connectivity index (χ3n) is 5.67. The zero-order valence-corrected chi connectivity index (χ0v) is 19.6. The molecule has 0 aliphatic heterocycles. The van der Waals surface area contributed by atoms with Crippen molar-refractivity contribution >= 4 is 23.0 Å². The lowest BCUT2D eigenvalue weighted by molar-refractivity contribution is -0.121. The van der Waals surface area contributed by atoms with Crippen molar-refractivity contribution in [3.63, 3.8) is 0 Å². The van der Waals surface area contributed by atoms with Crippen LogP contribution in [0, 0.1) is 13.8 Å². The molecule has 4 nitrogen and oxygen atoms in total. The number of thiazole rings is 1. The van der Waals surface area contributed by atoms with Gasteiger partial charge in [-0.2, -0.15) is 0 Å². The van der Waals surface area contributed by atoms with Crippen molar-refractivity contribution in [3.8, 4) is 21.8 Å². The molecule has 1 amide bonds. The zero-order valence-electron chi connectivity index (χ0n) is 18.8. The van der Waals surface area contributed by atoms with Crippen LogP contribution in [0.4, 0.5) is 0 Å². The van der Waals surface area contributed by atoms with E-state index in [1.807, 2.05) is 74.5 Å². The van der Waals surface area contributed by atoms with Crippen molar-refractivity contribution in [1.29, 1.82) is 0 Å². The number of amides is 1. The van der Waals surface area contributed by atoms with E-state index in [-0.39, 0.29) is 24.5 Å². The molecule has 0 aliphatic carbocycles. The molecule has 166 valence electrons. The first kappa shape index (κ1) is 22.6. The maximum absolute atomic E-state index is 12.4. The fourth-order valence-corrected chi connectivity index (χ4v) is 4.32. The van der Waals surface area contributed by atoms with E-state index in [0.717, 1.165) is 38.5 Å². The van der Waals surface area contributed by atoms with Gasteiger partial charge in [-0.15, -0.1) is 11.3 Å². The van der Waals surface area contributed by atoms with Crippen molar-refractivity contribution in [2.75, 3.05) is 0 Å². The topological polar surface area (TPSA) is 59.1 Å². The van der Waals surface area contributed by atoms with Crippen LogP contribution in [0.1, 0.15) is 39.9 Å². The van der Waals surface area contributed by atoms with E-state index < -0.39 is 0 Å². The summed E-state index contributed by atoms with van der Waals surface area (Å²) in [7, 11) is 0. The van der Waals surface area contributed by atoms with Crippen molar-refractivity contribution in [3.05, 3.63) is 100 Å². The molecule has 4 aromatic rings. The van der Waals surface area contributed by atoms with Gasteiger partial charge in [0.15, 0.2) is 5.78 Å². The van der Waals surface area contributed by atoms with E-state index >= 15 is 0 Å². The van der Waals surface area contributed by atoms with Gasteiger partial charge in [-0.25, -0.2) is 4.98 Å². The maximum Gasteiger partial charge on any atom is 0.220 e.